The maximum atomic E-state index is 13.6. The lowest BCUT2D eigenvalue weighted by atomic mass is 9.72. The summed E-state index contributed by atoms with van der Waals surface area (Å²) in [7, 11) is 1.35. The first-order valence-corrected chi connectivity index (χ1v) is 12.2. The predicted molar refractivity (Wildman–Crippen MR) is 127 cm³/mol. The molecule has 10 heteroatoms. The van der Waals surface area contributed by atoms with Crippen molar-refractivity contribution in [1.29, 1.82) is 0 Å². The van der Waals surface area contributed by atoms with E-state index in [1.165, 1.54) is 25.3 Å². The molecule has 1 fully saturated rings. The van der Waals surface area contributed by atoms with Crippen LogP contribution in [-0.4, -0.2) is 69.5 Å². The van der Waals surface area contributed by atoms with Gasteiger partial charge < -0.3 is 34.6 Å². The monoisotopic (exact) mass is 512 g/mol. The van der Waals surface area contributed by atoms with Crippen LogP contribution in [0.25, 0.3) is 0 Å². The summed E-state index contributed by atoms with van der Waals surface area (Å²) >= 11 is 0. The standard InChI is InChI=1S/C27H28O10/c1-12-5-3-8-18(36-12)37-16-10-27(34,17(29)11-28)9-14-20(16)26(33)22-21(24(14)31)23(30)13-6-4-7-15(35-2)19(13)25(22)32/h4,6-7,12,16,18,28,31,33-34H,3,5,8-11H2,1-2H3. The number of ketones is 3. The molecule has 3 aliphatic rings. The summed E-state index contributed by atoms with van der Waals surface area (Å²) < 4.78 is 17.2. The smallest absolute Gasteiger partial charge is 0.202 e. The number of ether oxygens (including phenoxy) is 3. The Bertz CT molecular complexity index is 1310. The number of aliphatic hydroxyl groups excluding tert-OH is 1. The fourth-order valence-electron chi connectivity index (χ4n) is 5.64. The van der Waals surface area contributed by atoms with Gasteiger partial charge in [0.25, 0.3) is 0 Å². The van der Waals surface area contributed by atoms with Crippen LogP contribution >= 0.6 is 0 Å². The number of carbonyl (C=O) groups is 3. The first-order valence-electron chi connectivity index (χ1n) is 12.2. The van der Waals surface area contributed by atoms with Gasteiger partial charge in [0.05, 0.1) is 36.0 Å². The summed E-state index contributed by atoms with van der Waals surface area (Å²) in [5.74, 6) is -3.41. The number of methoxy groups -OCH3 is 1. The molecule has 0 aromatic heterocycles. The molecule has 0 amide bonds. The number of hydrogen-bond acceptors (Lipinski definition) is 10. The maximum absolute atomic E-state index is 13.6. The number of fused-ring (bicyclic) bond motifs is 3. The average molecular weight is 513 g/mol. The van der Waals surface area contributed by atoms with Gasteiger partial charge in [0.2, 0.25) is 5.78 Å². The van der Waals surface area contributed by atoms with Crippen molar-refractivity contribution in [2.75, 3.05) is 13.7 Å². The van der Waals surface area contributed by atoms with E-state index in [0.717, 1.165) is 12.8 Å². The van der Waals surface area contributed by atoms with E-state index in [0.29, 0.717) is 6.42 Å². The lowest BCUT2D eigenvalue weighted by Gasteiger charge is -2.40. The van der Waals surface area contributed by atoms with Crippen LogP contribution in [0.1, 0.15) is 81.7 Å². The Kier molecular flexibility index (Phi) is 6.31. The van der Waals surface area contributed by atoms with E-state index in [9.17, 15) is 34.8 Å². The van der Waals surface area contributed by atoms with Gasteiger partial charge in [-0.1, -0.05) is 12.1 Å². The second-order valence-corrected chi connectivity index (χ2v) is 9.81. The van der Waals surface area contributed by atoms with Crippen molar-refractivity contribution in [2.24, 2.45) is 0 Å². The summed E-state index contributed by atoms with van der Waals surface area (Å²) in [6, 6.07) is 4.45. The molecule has 1 saturated heterocycles. The van der Waals surface area contributed by atoms with E-state index in [-0.39, 0.29) is 40.5 Å². The van der Waals surface area contributed by atoms with Crippen molar-refractivity contribution in [3.8, 4) is 17.2 Å². The Morgan fingerprint density at radius 1 is 1.11 bits per heavy atom. The lowest BCUT2D eigenvalue weighted by Crippen LogP contribution is -2.48. The van der Waals surface area contributed by atoms with E-state index in [4.69, 9.17) is 14.2 Å². The molecule has 5 rings (SSSR count). The van der Waals surface area contributed by atoms with Crippen LogP contribution < -0.4 is 4.74 Å². The van der Waals surface area contributed by atoms with Gasteiger partial charge in [0, 0.05) is 29.5 Å². The van der Waals surface area contributed by atoms with Gasteiger partial charge in [0.1, 0.15) is 29.5 Å². The topological polar surface area (TPSA) is 160 Å². The molecule has 0 spiro atoms. The van der Waals surface area contributed by atoms with E-state index >= 15 is 0 Å². The Morgan fingerprint density at radius 3 is 2.51 bits per heavy atom. The third kappa shape index (κ3) is 3.91. The minimum Gasteiger partial charge on any atom is -0.507 e. The minimum atomic E-state index is -2.15. The summed E-state index contributed by atoms with van der Waals surface area (Å²) in [4.78, 5) is 39.6. The summed E-state index contributed by atoms with van der Waals surface area (Å²) in [6.07, 6.45) is -0.733. The van der Waals surface area contributed by atoms with Crippen LogP contribution in [0.5, 0.6) is 17.2 Å². The molecule has 4 unspecified atom stereocenters. The Hall–Kier alpha value is -3.31. The van der Waals surface area contributed by atoms with Crippen molar-refractivity contribution in [3.05, 3.63) is 51.6 Å². The molecule has 10 nitrogen and oxygen atoms in total. The Balaban J connectivity index is 1.71. The molecule has 1 aliphatic heterocycles. The summed E-state index contributed by atoms with van der Waals surface area (Å²) in [5.41, 5.74) is -3.13. The number of benzene rings is 2. The number of aliphatic hydroxyl groups is 2. The largest absolute Gasteiger partial charge is 0.507 e. The quantitative estimate of drug-likeness (QED) is 0.373. The SMILES string of the molecule is COc1cccc2c1C(=O)c1c(O)c3c(c(O)c1C2=O)CC(O)(C(=O)CO)CC3OC1CCCC(C)O1. The molecule has 0 bridgehead atoms. The molecule has 0 radical (unpaired) electrons. The number of rotatable bonds is 5. The van der Waals surface area contributed by atoms with Gasteiger partial charge in [-0.3, -0.25) is 14.4 Å². The molecule has 37 heavy (non-hydrogen) atoms. The maximum Gasteiger partial charge on any atom is 0.202 e. The van der Waals surface area contributed by atoms with Gasteiger partial charge in [-0.25, -0.2) is 0 Å². The van der Waals surface area contributed by atoms with Crippen molar-refractivity contribution in [3.63, 3.8) is 0 Å². The van der Waals surface area contributed by atoms with Gasteiger partial charge >= 0.3 is 0 Å². The van der Waals surface area contributed by atoms with Crippen LogP contribution in [0.2, 0.25) is 0 Å². The zero-order valence-corrected chi connectivity index (χ0v) is 20.4. The molecular weight excluding hydrogens is 484 g/mol. The number of hydrogen-bond donors (Lipinski definition) is 4. The third-order valence-electron chi connectivity index (χ3n) is 7.49. The molecule has 2 aromatic rings. The highest BCUT2D eigenvalue weighted by Gasteiger charge is 2.49. The molecule has 2 aliphatic carbocycles. The molecule has 4 N–H and O–H groups in total. The van der Waals surface area contributed by atoms with E-state index in [1.807, 2.05) is 6.92 Å². The third-order valence-corrected chi connectivity index (χ3v) is 7.49. The van der Waals surface area contributed by atoms with Crippen molar-refractivity contribution >= 4 is 17.3 Å². The van der Waals surface area contributed by atoms with E-state index in [1.54, 1.807) is 0 Å². The first-order chi connectivity index (χ1) is 17.6. The highest BCUT2D eigenvalue weighted by Crippen LogP contribution is 2.52. The highest BCUT2D eigenvalue weighted by molar-refractivity contribution is 6.31. The second kappa shape index (κ2) is 9.21. The predicted octanol–water partition coefficient (Wildman–Crippen LogP) is 2.09. The second-order valence-electron chi connectivity index (χ2n) is 9.81. The Labute approximate surface area is 212 Å². The summed E-state index contributed by atoms with van der Waals surface area (Å²) in [6.45, 7) is 0.919. The van der Waals surface area contributed by atoms with Crippen LogP contribution in [-0.2, 0) is 20.7 Å². The zero-order chi connectivity index (χ0) is 26.6. The number of phenolic OH excluding ortho intramolecular Hbond substituents is 2. The summed E-state index contributed by atoms with van der Waals surface area (Å²) in [5, 5.41) is 43.5. The van der Waals surface area contributed by atoms with Crippen LogP contribution in [0.3, 0.4) is 0 Å². The van der Waals surface area contributed by atoms with E-state index < -0.39 is 71.0 Å². The normalized spacial score (nSPS) is 26.8. The van der Waals surface area contributed by atoms with Crippen LogP contribution in [0.4, 0.5) is 0 Å². The van der Waals surface area contributed by atoms with Gasteiger partial charge in [-0.15, -0.1) is 0 Å². The van der Waals surface area contributed by atoms with Crippen molar-refractivity contribution < 1.29 is 49.0 Å². The fourth-order valence-corrected chi connectivity index (χ4v) is 5.64. The van der Waals surface area contributed by atoms with Gasteiger partial charge in [-0.2, -0.15) is 0 Å². The number of carbonyl (C=O) groups excluding carboxylic acids is 3. The molecule has 4 atom stereocenters. The highest BCUT2D eigenvalue weighted by atomic mass is 16.7. The molecule has 1 heterocycles. The Morgan fingerprint density at radius 2 is 1.84 bits per heavy atom. The minimum absolute atomic E-state index is 0.00649. The molecule has 2 aromatic carbocycles. The number of aromatic hydroxyl groups is 2. The number of Topliss-reactive ketones (excluding diaryl/α,β-unsaturated/α-hetero) is 1. The van der Waals surface area contributed by atoms with Crippen molar-refractivity contribution in [2.45, 2.75) is 63.1 Å². The van der Waals surface area contributed by atoms with Gasteiger partial charge in [-0.05, 0) is 32.3 Å². The molecule has 0 saturated carbocycles. The average Bonchev–Trinajstić information content (AvgIpc) is 2.88. The van der Waals surface area contributed by atoms with Gasteiger partial charge in [0.15, 0.2) is 17.9 Å². The fraction of sp³-hybridized carbons (Fsp3) is 0.444. The number of phenols is 2. The van der Waals surface area contributed by atoms with Crippen molar-refractivity contribution in [1.82, 2.24) is 0 Å². The van der Waals surface area contributed by atoms with E-state index in [2.05, 4.69) is 0 Å². The first kappa shape index (κ1) is 25.3. The van der Waals surface area contributed by atoms with Crippen LogP contribution in [0, 0.1) is 0 Å². The zero-order valence-electron chi connectivity index (χ0n) is 20.4. The lowest BCUT2D eigenvalue weighted by molar-refractivity contribution is -0.223. The van der Waals surface area contributed by atoms with Crippen LogP contribution in [0.15, 0.2) is 18.2 Å². The molecular formula is C27H28O10. The molecule has 196 valence electrons.